The van der Waals surface area contributed by atoms with E-state index >= 15 is 0 Å². The Morgan fingerprint density at radius 3 is 2.30 bits per heavy atom. The highest BCUT2D eigenvalue weighted by atomic mass is 35.5. The van der Waals surface area contributed by atoms with Crippen LogP contribution in [-0.4, -0.2) is 11.7 Å². The summed E-state index contributed by atoms with van der Waals surface area (Å²) in [4.78, 5) is 0. The molecule has 1 aliphatic rings. The molecule has 1 N–H and O–H groups in total. The van der Waals surface area contributed by atoms with E-state index in [1.165, 1.54) is 32.1 Å². The van der Waals surface area contributed by atoms with Crippen LogP contribution < -0.4 is 0 Å². The Balaban J connectivity index is 0.000000810. The lowest BCUT2D eigenvalue weighted by Crippen LogP contribution is -1.94. The summed E-state index contributed by atoms with van der Waals surface area (Å²) >= 11 is 0. The van der Waals surface area contributed by atoms with Gasteiger partial charge in [-0.05, 0) is 18.8 Å². The molecule has 0 radical (unpaired) electrons. The van der Waals surface area contributed by atoms with Crippen molar-refractivity contribution in [1.29, 1.82) is 0 Å². The lowest BCUT2D eigenvalue weighted by atomic mass is 10.0. The van der Waals surface area contributed by atoms with Gasteiger partial charge in [-0.3, -0.25) is 0 Å². The van der Waals surface area contributed by atoms with E-state index in [0.717, 1.165) is 12.3 Å². The number of aliphatic hydroxyl groups excluding tert-OH is 1. The molecule has 10 heavy (non-hydrogen) atoms. The standard InChI is InChI=1S/C8H16O.ClH/c9-7-3-6-8-4-1-2-5-8;/h8-9H,1-7H2;1H. The number of hydrogen-bond donors (Lipinski definition) is 1. The molecule has 0 heterocycles. The molecule has 62 valence electrons. The zero-order chi connectivity index (χ0) is 6.53. The minimum atomic E-state index is 0. The first-order valence-electron chi connectivity index (χ1n) is 4.04. The highest BCUT2D eigenvalue weighted by Gasteiger charge is 2.13. The predicted octanol–water partition coefficient (Wildman–Crippen LogP) is 2.37. The van der Waals surface area contributed by atoms with Crippen molar-refractivity contribution in [2.45, 2.75) is 38.5 Å². The van der Waals surface area contributed by atoms with E-state index in [1.54, 1.807) is 0 Å². The molecule has 1 aliphatic carbocycles. The Kier molecular flexibility index (Phi) is 6.14. The van der Waals surface area contributed by atoms with Gasteiger partial charge in [0.05, 0.1) is 0 Å². The molecular weight excluding hydrogens is 148 g/mol. The molecule has 0 spiro atoms. The molecule has 0 aliphatic heterocycles. The van der Waals surface area contributed by atoms with Crippen LogP contribution in [0, 0.1) is 5.92 Å². The smallest absolute Gasteiger partial charge is 0.0431 e. The van der Waals surface area contributed by atoms with Crippen molar-refractivity contribution in [2.75, 3.05) is 6.61 Å². The minimum Gasteiger partial charge on any atom is -0.396 e. The van der Waals surface area contributed by atoms with Crippen LogP contribution >= 0.6 is 12.4 Å². The second kappa shape index (κ2) is 5.99. The molecule has 0 aromatic carbocycles. The van der Waals surface area contributed by atoms with Crippen molar-refractivity contribution in [3.05, 3.63) is 0 Å². The van der Waals surface area contributed by atoms with Crippen LogP contribution in [0.2, 0.25) is 0 Å². The van der Waals surface area contributed by atoms with Gasteiger partial charge in [0.15, 0.2) is 0 Å². The maximum absolute atomic E-state index is 8.53. The zero-order valence-corrected chi connectivity index (χ0v) is 7.20. The van der Waals surface area contributed by atoms with Crippen molar-refractivity contribution in [2.24, 2.45) is 5.92 Å². The molecular formula is C8H17ClO. The molecule has 0 saturated heterocycles. The summed E-state index contributed by atoms with van der Waals surface area (Å²) in [7, 11) is 0. The maximum Gasteiger partial charge on any atom is 0.0431 e. The van der Waals surface area contributed by atoms with Crippen LogP contribution in [0.3, 0.4) is 0 Å². The van der Waals surface area contributed by atoms with Gasteiger partial charge in [-0.1, -0.05) is 25.7 Å². The highest BCUT2D eigenvalue weighted by Crippen LogP contribution is 2.28. The van der Waals surface area contributed by atoms with Gasteiger partial charge in [-0.25, -0.2) is 0 Å². The highest BCUT2D eigenvalue weighted by molar-refractivity contribution is 5.85. The van der Waals surface area contributed by atoms with Crippen molar-refractivity contribution >= 4 is 12.4 Å². The Hall–Kier alpha value is 0.250. The Labute approximate surface area is 69.2 Å². The molecule has 0 aromatic heterocycles. The summed E-state index contributed by atoms with van der Waals surface area (Å²) in [6.45, 7) is 0.385. The van der Waals surface area contributed by atoms with Gasteiger partial charge >= 0.3 is 0 Å². The molecule has 0 aromatic rings. The number of aliphatic hydroxyl groups is 1. The van der Waals surface area contributed by atoms with Crippen LogP contribution in [0.15, 0.2) is 0 Å². The monoisotopic (exact) mass is 164 g/mol. The summed E-state index contributed by atoms with van der Waals surface area (Å²) < 4.78 is 0. The fraction of sp³-hybridized carbons (Fsp3) is 1.00. The Morgan fingerprint density at radius 2 is 1.80 bits per heavy atom. The lowest BCUT2D eigenvalue weighted by Gasteiger charge is -2.04. The van der Waals surface area contributed by atoms with Crippen LogP contribution in [0.4, 0.5) is 0 Å². The SMILES string of the molecule is Cl.OCCCC1CCCC1. The predicted molar refractivity (Wildman–Crippen MR) is 45.5 cm³/mol. The fourth-order valence-corrected chi connectivity index (χ4v) is 1.68. The Bertz CT molecular complexity index is 69.7. The first-order chi connectivity index (χ1) is 4.43. The largest absolute Gasteiger partial charge is 0.396 e. The van der Waals surface area contributed by atoms with Crippen LogP contribution in [0.5, 0.6) is 0 Å². The third kappa shape index (κ3) is 3.43. The number of halogens is 1. The summed E-state index contributed by atoms with van der Waals surface area (Å²) in [5.74, 6) is 0.956. The van der Waals surface area contributed by atoms with Gasteiger partial charge in [0.25, 0.3) is 0 Å². The maximum atomic E-state index is 8.53. The van der Waals surface area contributed by atoms with E-state index in [4.69, 9.17) is 5.11 Å². The van der Waals surface area contributed by atoms with Gasteiger partial charge in [0.1, 0.15) is 0 Å². The van der Waals surface area contributed by atoms with Gasteiger partial charge in [-0.15, -0.1) is 12.4 Å². The lowest BCUT2D eigenvalue weighted by molar-refractivity contribution is 0.271. The first kappa shape index (κ1) is 10.2. The molecule has 0 unspecified atom stereocenters. The molecule has 1 rings (SSSR count). The summed E-state index contributed by atoms with van der Waals surface area (Å²) in [6.07, 6.45) is 7.97. The normalized spacial score (nSPS) is 18.9. The van der Waals surface area contributed by atoms with Crippen LogP contribution in [0.1, 0.15) is 38.5 Å². The quantitative estimate of drug-likeness (QED) is 0.679. The van der Waals surface area contributed by atoms with Crippen molar-refractivity contribution in [1.82, 2.24) is 0 Å². The van der Waals surface area contributed by atoms with E-state index < -0.39 is 0 Å². The van der Waals surface area contributed by atoms with E-state index in [-0.39, 0.29) is 12.4 Å². The van der Waals surface area contributed by atoms with Gasteiger partial charge in [0.2, 0.25) is 0 Å². The molecule has 0 bridgehead atoms. The summed E-state index contributed by atoms with van der Waals surface area (Å²) in [5, 5.41) is 8.53. The Morgan fingerprint density at radius 1 is 1.20 bits per heavy atom. The van der Waals surface area contributed by atoms with Gasteiger partial charge in [-0.2, -0.15) is 0 Å². The second-order valence-corrected chi connectivity index (χ2v) is 3.02. The zero-order valence-electron chi connectivity index (χ0n) is 6.38. The third-order valence-corrected chi connectivity index (χ3v) is 2.25. The third-order valence-electron chi connectivity index (χ3n) is 2.25. The summed E-state index contributed by atoms with van der Waals surface area (Å²) in [5.41, 5.74) is 0. The molecule has 2 heteroatoms. The molecule has 1 saturated carbocycles. The average molecular weight is 165 g/mol. The molecule has 0 atom stereocenters. The van der Waals surface area contributed by atoms with Crippen molar-refractivity contribution < 1.29 is 5.11 Å². The number of rotatable bonds is 3. The molecule has 0 amide bonds. The fourth-order valence-electron chi connectivity index (χ4n) is 1.68. The van der Waals surface area contributed by atoms with Gasteiger partial charge < -0.3 is 5.11 Å². The molecule has 1 nitrogen and oxygen atoms in total. The second-order valence-electron chi connectivity index (χ2n) is 3.02. The van der Waals surface area contributed by atoms with E-state index in [1.807, 2.05) is 0 Å². The van der Waals surface area contributed by atoms with E-state index in [2.05, 4.69) is 0 Å². The van der Waals surface area contributed by atoms with Crippen molar-refractivity contribution in [3.63, 3.8) is 0 Å². The van der Waals surface area contributed by atoms with E-state index in [0.29, 0.717) is 6.61 Å². The van der Waals surface area contributed by atoms with Crippen LogP contribution in [-0.2, 0) is 0 Å². The van der Waals surface area contributed by atoms with E-state index in [9.17, 15) is 0 Å². The van der Waals surface area contributed by atoms with Crippen molar-refractivity contribution in [3.8, 4) is 0 Å². The first-order valence-corrected chi connectivity index (χ1v) is 4.04. The minimum absolute atomic E-state index is 0. The summed E-state index contributed by atoms with van der Waals surface area (Å²) in [6, 6.07) is 0. The van der Waals surface area contributed by atoms with Gasteiger partial charge in [0, 0.05) is 6.61 Å². The number of hydrogen-bond acceptors (Lipinski definition) is 1. The average Bonchev–Trinajstić information content (AvgIpc) is 2.34. The topological polar surface area (TPSA) is 20.2 Å². The van der Waals surface area contributed by atoms with Crippen LogP contribution in [0.25, 0.3) is 0 Å². The molecule has 1 fully saturated rings.